The predicted octanol–water partition coefficient (Wildman–Crippen LogP) is 1.04. The van der Waals surface area contributed by atoms with Gasteiger partial charge in [-0.3, -0.25) is 9.59 Å². The highest BCUT2D eigenvalue weighted by atomic mass is 16.4. The molecule has 0 spiro atoms. The van der Waals surface area contributed by atoms with Crippen molar-refractivity contribution >= 4 is 11.9 Å². The third-order valence-electron chi connectivity index (χ3n) is 3.80. The Balaban J connectivity index is 2.67. The van der Waals surface area contributed by atoms with E-state index in [2.05, 4.69) is 4.90 Å². The fraction of sp³-hybridized carbons (Fsp3) is 0.846. The largest absolute Gasteiger partial charge is 0.481 e. The molecule has 0 saturated carbocycles. The minimum absolute atomic E-state index is 0.00169. The second kappa shape index (κ2) is 5.69. The molecule has 18 heavy (non-hydrogen) atoms. The number of rotatable bonds is 4. The van der Waals surface area contributed by atoms with Gasteiger partial charge in [-0.25, -0.2) is 0 Å². The van der Waals surface area contributed by atoms with Gasteiger partial charge in [-0.1, -0.05) is 0 Å². The molecule has 1 atom stereocenters. The topological polar surface area (TPSA) is 60.9 Å². The molecule has 1 fully saturated rings. The Labute approximate surface area is 109 Å². The maximum absolute atomic E-state index is 12.4. The molecule has 1 heterocycles. The average Bonchev–Trinajstić information content (AvgIpc) is 2.25. The van der Waals surface area contributed by atoms with Gasteiger partial charge < -0.3 is 14.9 Å². The van der Waals surface area contributed by atoms with Crippen molar-refractivity contribution in [1.82, 2.24) is 9.80 Å². The van der Waals surface area contributed by atoms with Crippen molar-refractivity contribution in [3.05, 3.63) is 0 Å². The monoisotopic (exact) mass is 256 g/mol. The summed E-state index contributed by atoms with van der Waals surface area (Å²) in [5.74, 6) is -0.810. The standard InChI is InChI=1S/C13H24N2O3/c1-13(2,8-11(16)17)15(4)12(18)10-6-5-7-14(3)9-10/h10H,5-9H2,1-4H3,(H,16,17). The van der Waals surface area contributed by atoms with Crippen LogP contribution in [0.4, 0.5) is 0 Å². The number of likely N-dealkylation sites (tertiary alicyclic amines) is 1. The van der Waals surface area contributed by atoms with Crippen LogP contribution in [0.3, 0.4) is 0 Å². The Kier molecular flexibility index (Phi) is 4.73. The van der Waals surface area contributed by atoms with Gasteiger partial charge in [0, 0.05) is 19.1 Å². The van der Waals surface area contributed by atoms with Crippen LogP contribution in [0.2, 0.25) is 0 Å². The summed E-state index contributed by atoms with van der Waals surface area (Å²) in [5.41, 5.74) is -0.640. The lowest BCUT2D eigenvalue weighted by Crippen LogP contribution is -2.51. The van der Waals surface area contributed by atoms with E-state index in [1.807, 2.05) is 7.05 Å². The number of amides is 1. The third-order valence-corrected chi connectivity index (χ3v) is 3.80. The van der Waals surface area contributed by atoms with Crippen molar-refractivity contribution in [3.8, 4) is 0 Å². The molecule has 1 N–H and O–H groups in total. The van der Waals surface area contributed by atoms with E-state index < -0.39 is 11.5 Å². The van der Waals surface area contributed by atoms with Crippen LogP contribution in [0.1, 0.15) is 33.1 Å². The minimum Gasteiger partial charge on any atom is -0.481 e. The highest BCUT2D eigenvalue weighted by Crippen LogP contribution is 2.23. The number of nitrogens with zero attached hydrogens (tertiary/aromatic N) is 2. The minimum atomic E-state index is -0.875. The van der Waals surface area contributed by atoms with Crippen LogP contribution in [0.25, 0.3) is 0 Å². The number of carbonyl (C=O) groups is 2. The van der Waals surface area contributed by atoms with Crippen LogP contribution in [0.15, 0.2) is 0 Å². The Morgan fingerprint density at radius 1 is 1.44 bits per heavy atom. The summed E-state index contributed by atoms with van der Waals surface area (Å²) in [7, 11) is 3.72. The number of hydrogen-bond donors (Lipinski definition) is 1. The molecule has 5 nitrogen and oxygen atoms in total. The Morgan fingerprint density at radius 2 is 2.06 bits per heavy atom. The lowest BCUT2D eigenvalue weighted by Gasteiger charge is -2.39. The number of aliphatic carboxylic acids is 1. The zero-order valence-corrected chi connectivity index (χ0v) is 11.8. The van der Waals surface area contributed by atoms with E-state index in [9.17, 15) is 9.59 Å². The van der Waals surface area contributed by atoms with Gasteiger partial charge in [-0.2, -0.15) is 0 Å². The molecular weight excluding hydrogens is 232 g/mol. The summed E-state index contributed by atoms with van der Waals surface area (Å²) < 4.78 is 0. The van der Waals surface area contributed by atoms with Gasteiger partial charge in [0.05, 0.1) is 12.3 Å². The van der Waals surface area contributed by atoms with Crippen molar-refractivity contribution < 1.29 is 14.7 Å². The molecule has 0 bridgehead atoms. The highest BCUT2D eigenvalue weighted by molar-refractivity contribution is 5.80. The molecule has 5 heteroatoms. The smallest absolute Gasteiger partial charge is 0.305 e. The van der Waals surface area contributed by atoms with Crippen molar-refractivity contribution in [2.45, 2.75) is 38.6 Å². The second-order valence-electron chi connectivity index (χ2n) is 5.88. The molecule has 1 aliphatic heterocycles. The SMILES string of the molecule is CN1CCCC(C(=O)N(C)C(C)(C)CC(=O)O)C1. The van der Waals surface area contributed by atoms with E-state index in [4.69, 9.17) is 5.11 Å². The maximum Gasteiger partial charge on any atom is 0.305 e. The van der Waals surface area contributed by atoms with Crippen molar-refractivity contribution in [2.24, 2.45) is 5.92 Å². The molecule has 1 unspecified atom stereocenters. The quantitative estimate of drug-likeness (QED) is 0.816. The van der Waals surface area contributed by atoms with E-state index in [0.29, 0.717) is 0 Å². The van der Waals surface area contributed by atoms with Gasteiger partial charge in [0.1, 0.15) is 0 Å². The first-order valence-electron chi connectivity index (χ1n) is 6.42. The molecule has 104 valence electrons. The first-order valence-corrected chi connectivity index (χ1v) is 6.42. The van der Waals surface area contributed by atoms with Crippen LogP contribution in [-0.4, -0.2) is 59.5 Å². The number of carboxylic acids is 1. The van der Waals surface area contributed by atoms with Crippen LogP contribution >= 0.6 is 0 Å². The summed E-state index contributed by atoms with van der Waals surface area (Å²) >= 11 is 0. The molecule has 0 aromatic rings. The Hall–Kier alpha value is -1.10. The zero-order valence-electron chi connectivity index (χ0n) is 11.8. The van der Waals surface area contributed by atoms with E-state index >= 15 is 0 Å². The van der Waals surface area contributed by atoms with Crippen molar-refractivity contribution in [2.75, 3.05) is 27.2 Å². The maximum atomic E-state index is 12.4. The van der Waals surface area contributed by atoms with Gasteiger partial charge in [0.2, 0.25) is 5.91 Å². The third kappa shape index (κ3) is 3.70. The Morgan fingerprint density at radius 3 is 2.56 bits per heavy atom. The van der Waals surface area contributed by atoms with Gasteiger partial charge >= 0.3 is 5.97 Å². The van der Waals surface area contributed by atoms with Gasteiger partial charge in [-0.05, 0) is 40.3 Å². The summed E-state index contributed by atoms with van der Waals surface area (Å²) in [5, 5.41) is 8.89. The van der Waals surface area contributed by atoms with Crippen LogP contribution in [-0.2, 0) is 9.59 Å². The first-order chi connectivity index (χ1) is 8.24. The van der Waals surface area contributed by atoms with E-state index in [1.54, 1.807) is 25.8 Å². The molecule has 1 rings (SSSR count). The van der Waals surface area contributed by atoms with Crippen LogP contribution in [0, 0.1) is 5.92 Å². The van der Waals surface area contributed by atoms with E-state index in [-0.39, 0.29) is 18.2 Å². The van der Waals surface area contributed by atoms with Gasteiger partial charge in [-0.15, -0.1) is 0 Å². The number of carboxylic acid groups (broad SMARTS) is 1. The molecule has 0 aromatic carbocycles. The normalized spacial score (nSPS) is 21.7. The van der Waals surface area contributed by atoms with E-state index in [0.717, 1.165) is 25.9 Å². The molecule has 1 aliphatic rings. The lowest BCUT2D eigenvalue weighted by atomic mass is 9.92. The van der Waals surface area contributed by atoms with Crippen LogP contribution < -0.4 is 0 Å². The van der Waals surface area contributed by atoms with Gasteiger partial charge in [0.15, 0.2) is 0 Å². The molecule has 0 aliphatic carbocycles. The summed E-state index contributed by atoms with van der Waals surface area (Å²) in [4.78, 5) is 27.0. The zero-order chi connectivity index (χ0) is 13.9. The molecule has 1 saturated heterocycles. The number of carbonyl (C=O) groups excluding carboxylic acids is 1. The number of piperidine rings is 1. The second-order valence-corrected chi connectivity index (χ2v) is 5.88. The van der Waals surface area contributed by atoms with Crippen molar-refractivity contribution in [1.29, 1.82) is 0 Å². The predicted molar refractivity (Wildman–Crippen MR) is 69.3 cm³/mol. The number of hydrogen-bond acceptors (Lipinski definition) is 3. The summed E-state index contributed by atoms with van der Waals surface area (Å²) in [6.45, 7) is 5.40. The van der Waals surface area contributed by atoms with Crippen molar-refractivity contribution in [3.63, 3.8) is 0 Å². The Bertz CT molecular complexity index is 328. The van der Waals surface area contributed by atoms with Gasteiger partial charge in [0.25, 0.3) is 0 Å². The molecular formula is C13H24N2O3. The fourth-order valence-electron chi connectivity index (χ4n) is 2.43. The summed E-state index contributed by atoms with van der Waals surface area (Å²) in [6.07, 6.45) is 1.90. The molecule has 1 amide bonds. The summed E-state index contributed by atoms with van der Waals surface area (Å²) in [6, 6.07) is 0. The fourth-order valence-corrected chi connectivity index (χ4v) is 2.43. The molecule has 0 aromatic heterocycles. The average molecular weight is 256 g/mol. The van der Waals surface area contributed by atoms with Crippen LogP contribution in [0.5, 0.6) is 0 Å². The first kappa shape index (κ1) is 15.0. The molecule has 0 radical (unpaired) electrons. The highest BCUT2D eigenvalue weighted by Gasteiger charge is 2.34. The lowest BCUT2D eigenvalue weighted by molar-refractivity contribution is -0.145. The van der Waals surface area contributed by atoms with E-state index in [1.165, 1.54) is 0 Å².